The third kappa shape index (κ3) is 7.20. The van der Waals surface area contributed by atoms with Crippen LogP contribution >= 0.6 is 22.9 Å². The van der Waals surface area contributed by atoms with Crippen LogP contribution in [0.15, 0.2) is 30.3 Å². The lowest BCUT2D eigenvalue weighted by molar-refractivity contribution is -0.147. The molecule has 3 aromatic rings. The summed E-state index contributed by atoms with van der Waals surface area (Å²) in [4.78, 5) is 37.2. The van der Waals surface area contributed by atoms with Crippen LogP contribution in [0.1, 0.15) is 57.7 Å². The highest BCUT2D eigenvalue weighted by Gasteiger charge is 2.33. The van der Waals surface area contributed by atoms with Crippen LogP contribution in [0.5, 0.6) is 5.06 Å². The summed E-state index contributed by atoms with van der Waals surface area (Å²) >= 11 is 7.82. The summed E-state index contributed by atoms with van der Waals surface area (Å²) in [6.45, 7) is 6.81. The van der Waals surface area contributed by atoms with Crippen LogP contribution in [-0.4, -0.2) is 51.9 Å². The monoisotopic (exact) mass is 573 g/mol. The van der Waals surface area contributed by atoms with Gasteiger partial charge in [0.1, 0.15) is 6.04 Å². The molecule has 0 spiro atoms. The Morgan fingerprint density at radius 1 is 1.15 bits per heavy atom. The molecule has 39 heavy (non-hydrogen) atoms. The fraction of sp³-hybridized carbons (Fsp3) is 0.429. The van der Waals surface area contributed by atoms with Crippen molar-refractivity contribution in [2.24, 2.45) is 0 Å². The fourth-order valence-electron chi connectivity index (χ4n) is 4.44. The zero-order valence-corrected chi connectivity index (χ0v) is 24.0. The van der Waals surface area contributed by atoms with E-state index in [9.17, 15) is 14.7 Å². The van der Waals surface area contributed by atoms with Gasteiger partial charge in [-0.1, -0.05) is 29.8 Å². The van der Waals surface area contributed by atoms with Crippen LogP contribution in [0.25, 0.3) is 0 Å². The van der Waals surface area contributed by atoms with Gasteiger partial charge in [0.15, 0.2) is 11.4 Å². The molecular weight excluding hydrogens is 542 g/mol. The van der Waals surface area contributed by atoms with Gasteiger partial charge in [-0.05, 0) is 50.5 Å². The molecule has 0 aliphatic carbocycles. The van der Waals surface area contributed by atoms with E-state index < -0.39 is 18.3 Å². The molecule has 0 saturated heterocycles. The smallest absolute Gasteiger partial charge is 0.327 e. The zero-order valence-electron chi connectivity index (χ0n) is 22.4. The van der Waals surface area contributed by atoms with Gasteiger partial charge in [-0.15, -0.1) is 11.3 Å². The number of thiophene rings is 1. The van der Waals surface area contributed by atoms with Gasteiger partial charge in [-0.25, -0.2) is 4.79 Å². The van der Waals surface area contributed by atoms with Crippen LogP contribution in [0.4, 0.5) is 0 Å². The maximum absolute atomic E-state index is 12.7. The lowest BCUT2D eigenvalue weighted by Crippen LogP contribution is -2.38. The van der Waals surface area contributed by atoms with Crippen LogP contribution in [0.2, 0.25) is 5.02 Å². The summed E-state index contributed by atoms with van der Waals surface area (Å²) in [5.74, 6) is -0.840. The summed E-state index contributed by atoms with van der Waals surface area (Å²) < 4.78 is 16.1. The Labute approximate surface area is 236 Å². The number of aryl methyl sites for hydroxylation is 3. The van der Waals surface area contributed by atoms with Crippen molar-refractivity contribution in [1.82, 2.24) is 14.9 Å². The average molecular weight is 574 g/mol. The van der Waals surface area contributed by atoms with E-state index in [2.05, 4.69) is 9.97 Å². The van der Waals surface area contributed by atoms with Gasteiger partial charge in [0.2, 0.25) is 0 Å². The number of hydrogen-bond acceptors (Lipinski definition) is 10. The highest BCUT2D eigenvalue weighted by molar-refractivity contribution is 7.14. The summed E-state index contributed by atoms with van der Waals surface area (Å²) in [5, 5.41) is 11.2. The lowest BCUT2D eigenvalue weighted by atomic mass is 10.0. The van der Waals surface area contributed by atoms with Crippen molar-refractivity contribution in [3.63, 3.8) is 0 Å². The predicted octanol–water partition coefficient (Wildman–Crippen LogP) is 4.61. The number of aliphatic hydroxyl groups excluding tert-OH is 1. The number of aliphatic hydroxyl groups is 1. The Hall–Kier alpha value is -2.89. The molecule has 3 heterocycles. The number of fused-ring (bicyclic) bond motifs is 1. The minimum atomic E-state index is -1.13. The molecule has 208 valence electrons. The van der Waals surface area contributed by atoms with Crippen molar-refractivity contribution in [2.45, 2.75) is 65.5 Å². The number of benzene rings is 1. The molecule has 1 N–H and O–H groups in total. The number of rotatable bonds is 10. The number of nitrogens with zero attached hydrogens (tertiary/aromatic N) is 3. The first kappa shape index (κ1) is 29.1. The number of hydrogen-bond donors (Lipinski definition) is 1. The Morgan fingerprint density at radius 2 is 1.90 bits per heavy atom. The number of aromatic nitrogens is 2. The molecule has 0 saturated carbocycles. The van der Waals surface area contributed by atoms with Gasteiger partial charge in [0.05, 0.1) is 42.9 Å². The third-order valence-corrected chi connectivity index (χ3v) is 8.12. The van der Waals surface area contributed by atoms with Gasteiger partial charge in [-0.3, -0.25) is 19.7 Å². The van der Waals surface area contributed by atoms with Crippen LogP contribution in [0.3, 0.4) is 0 Å². The Bertz CT molecular complexity index is 1350. The summed E-state index contributed by atoms with van der Waals surface area (Å²) in [7, 11) is 1.37. The molecule has 11 heteroatoms. The largest absolute Gasteiger partial charge is 0.468 e. The van der Waals surface area contributed by atoms with Crippen LogP contribution in [0, 0.1) is 20.8 Å². The lowest BCUT2D eigenvalue weighted by Gasteiger charge is -2.33. The first-order valence-electron chi connectivity index (χ1n) is 12.6. The van der Waals surface area contributed by atoms with Gasteiger partial charge < -0.3 is 19.3 Å². The van der Waals surface area contributed by atoms with E-state index in [4.69, 9.17) is 25.8 Å². The molecule has 2 atom stereocenters. The Balaban J connectivity index is 1.31. The van der Waals surface area contributed by atoms with Crippen molar-refractivity contribution in [3.05, 3.63) is 74.1 Å². The topological polar surface area (TPSA) is 111 Å². The second kappa shape index (κ2) is 13.0. The van der Waals surface area contributed by atoms with Gasteiger partial charge >= 0.3 is 11.9 Å². The maximum atomic E-state index is 12.7. The van der Waals surface area contributed by atoms with Crippen molar-refractivity contribution in [2.75, 3.05) is 13.7 Å². The van der Waals surface area contributed by atoms with E-state index in [1.807, 2.05) is 49.9 Å². The normalized spacial score (nSPS) is 14.9. The predicted molar refractivity (Wildman–Crippen MR) is 147 cm³/mol. The van der Waals surface area contributed by atoms with Crippen molar-refractivity contribution in [1.29, 1.82) is 0 Å². The molecule has 1 aliphatic rings. The molecule has 1 aliphatic heterocycles. The van der Waals surface area contributed by atoms with Crippen molar-refractivity contribution < 1.29 is 28.9 Å². The van der Waals surface area contributed by atoms with E-state index in [1.165, 1.54) is 18.4 Å². The minimum absolute atomic E-state index is 0.00956. The highest BCUT2D eigenvalue weighted by atomic mass is 35.5. The number of esters is 2. The molecule has 0 radical (unpaired) electrons. The highest BCUT2D eigenvalue weighted by Crippen LogP contribution is 2.38. The fourth-order valence-corrected chi connectivity index (χ4v) is 5.71. The Kier molecular flexibility index (Phi) is 9.68. The minimum Gasteiger partial charge on any atom is -0.468 e. The molecular formula is C28H32ClN3O6S. The second-order valence-corrected chi connectivity index (χ2v) is 10.9. The van der Waals surface area contributed by atoms with E-state index in [0.717, 1.165) is 27.5 Å². The number of methoxy groups -OCH3 is 1. The number of carbonyl (C=O) groups is 2. The molecule has 0 amide bonds. The van der Waals surface area contributed by atoms with Gasteiger partial charge in [0, 0.05) is 29.4 Å². The number of ether oxygens (including phenoxy) is 3. The zero-order chi connectivity index (χ0) is 28.1. The molecule has 4 rings (SSSR count). The molecule has 1 aromatic carbocycles. The number of carbonyl (C=O) groups excluding carboxylic acids is 2. The van der Waals surface area contributed by atoms with E-state index >= 15 is 0 Å². The summed E-state index contributed by atoms with van der Waals surface area (Å²) in [6, 6.07) is 8.44. The van der Waals surface area contributed by atoms with E-state index in [-0.39, 0.29) is 25.4 Å². The van der Waals surface area contributed by atoms with E-state index in [0.29, 0.717) is 40.9 Å². The van der Waals surface area contributed by atoms with E-state index in [1.54, 1.807) is 6.07 Å². The van der Waals surface area contributed by atoms with Gasteiger partial charge in [-0.2, -0.15) is 0 Å². The maximum Gasteiger partial charge on any atom is 0.327 e. The molecule has 2 aromatic heterocycles. The molecule has 9 nitrogen and oxygen atoms in total. The Morgan fingerprint density at radius 3 is 2.64 bits per heavy atom. The first-order chi connectivity index (χ1) is 18.7. The second-order valence-electron chi connectivity index (χ2n) is 9.39. The van der Waals surface area contributed by atoms with Crippen molar-refractivity contribution >= 4 is 34.9 Å². The van der Waals surface area contributed by atoms with Crippen molar-refractivity contribution in [3.8, 4) is 5.06 Å². The summed E-state index contributed by atoms with van der Waals surface area (Å²) in [5.41, 5.74) is 4.74. The third-order valence-electron chi connectivity index (χ3n) is 6.66. The van der Waals surface area contributed by atoms with Gasteiger partial charge in [0.25, 0.3) is 0 Å². The summed E-state index contributed by atoms with van der Waals surface area (Å²) in [6.07, 6.45) is -0.355. The molecule has 1 unspecified atom stereocenters. The van der Waals surface area contributed by atoms with Crippen LogP contribution < -0.4 is 4.74 Å². The first-order valence-corrected chi connectivity index (χ1v) is 13.8. The quantitative estimate of drug-likeness (QED) is 0.274. The standard InChI is InChI=1S/C28H32ClN3O6S/c1-16-17(2)31-22(18(3)30-16)15-37-24(33)9-10-25(34)38-26-13-19-14-32(12-11-23(19)39-26)27(28(35)36-4)20-7-5-6-8-21(20)29/h5-8,13,24,27,33H,9-12,14-15H2,1-4H3/t24?,27-/m0/s1. The van der Waals surface area contributed by atoms with Crippen LogP contribution in [-0.2, 0) is 38.6 Å². The SMILES string of the molecule is COC(=O)[C@H](c1ccccc1Cl)N1CCc2sc(OC(=O)CCC(O)OCc3nc(C)c(C)nc3C)cc2C1. The number of halogens is 1. The molecule has 0 bridgehead atoms. The average Bonchev–Trinajstić information content (AvgIpc) is 3.31. The molecule has 0 fully saturated rings.